The number of carbonyl (C=O) groups is 1. The largest absolute Gasteiger partial charge is 0.397 e. The second kappa shape index (κ2) is 7.64. The molecule has 2 aromatic rings. The molecule has 0 fully saturated rings. The number of benzene rings is 1. The molecule has 6 heteroatoms. The molecule has 4 nitrogen and oxygen atoms in total. The van der Waals surface area contributed by atoms with E-state index in [4.69, 9.17) is 22.1 Å². The Morgan fingerprint density at radius 2 is 2.24 bits per heavy atom. The van der Waals surface area contributed by atoms with Gasteiger partial charge in [-0.1, -0.05) is 24.9 Å². The number of amides is 1. The zero-order valence-corrected chi connectivity index (χ0v) is 13.5. The van der Waals surface area contributed by atoms with Crippen molar-refractivity contribution in [3.63, 3.8) is 0 Å². The molecule has 2 rings (SSSR count). The van der Waals surface area contributed by atoms with Crippen LogP contribution in [-0.4, -0.2) is 25.7 Å². The van der Waals surface area contributed by atoms with E-state index in [2.05, 4.69) is 12.2 Å². The SMILES string of the molecule is CCCCOCCNC(=O)c1sc2cc(Cl)ccc2c1N. The molecule has 0 aliphatic carbocycles. The molecule has 21 heavy (non-hydrogen) atoms. The topological polar surface area (TPSA) is 64.3 Å². The molecule has 0 atom stereocenters. The van der Waals surface area contributed by atoms with Crippen LogP contribution in [0.2, 0.25) is 5.02 Å². The summed E-state index contributed by atoms with van der Waals surface area (Å²) in [4.78, 5) is 12.7. The molecule has 0 spiro atoms. The number of rotatable bonds is 7. The maximum atomic E-state index is 12.1. The average molecular weight is 327 g/mol. The molecule has 0 unspecified atom stereocenters. The lowest BCUT2D eigenvalue weighted by Crippen LogP contribution is -2.27. The first kappa shape index (κ1) is 16.1. The van der Waals surface area contributed by atoms with E-state index in [1.54, 1.807) is 6.07 Å². The third kappa shape index (κ3) is 4.09. The fraction of sp³-hybridized carbons (Fsp3) is 0.400. The van der Waals surface area contributed by atoms with Crippen molar-refractivity contribution in [2.75, 3.05) is 25.5 Å². The summed E-state index contributed by atoms with van der Waals surface area (Å²) >= 11 is 7.31. The highest BCUT2D eigenvalue weighted by Crippen LogP contribution is 2.35. The third-order valence-corrected chi connectivity index (χ3v) is 4.47. The molecule has 0 aliphatic rings. The van der Waals surface area contributed by atoms with Crippen LogP contribution in [0.25, 0.3) is 10.1 Å². The molecule has 0 saturated heterocycles. The molecule has 0 saturated carbocycles. The first-order chi connectivity index (χ1) is 10.1. The number of unbranched alkanes of at least 4 members (excludes halogenated alkanes) is 1. The number of nitrogen functional groups attached to an aromatic ring is 1. The highest BCUT2D eigenvalue weighted by Gasteiger charge is 2.16. The molecule has 1 aromatic heterocycles. The molecular formula is C15H19ClN2O2S. The maximum absolute atomic E-state index is 12.1. The van der Waals surface area contributed by atoms with Crippen molar-refractivity contribution in [2.24, 2.45) is 0 Å². The molecule has 114 valence electrons. The van der Waals surface area contributed by atoms with Crippen LogP contribution in [-0.2, 0) is 4.74 Å². The van der Waals surface area contributed by atoms with Crippen molar-refractivity contribution < 1.29 is 9.53 Å². The van der Waals surface area contributed by atoms with Crippen molar-refractivity contribution in [1.29, 1.82) is 0 Å². The first-order valence-corrected chi connectivity index (χ1v) is 8.16. The van der Waals surface area contributed by atoms with Gasteiger partial charge in [-0.2, -0.15) is 0 Å². The average Bonchev–Trinajstić information content (AvgIpc) is 2.79. The Morgan fingerprint density at radius 3 is 3.00 bits per heavy atom. The molecular weight excluding hydrogens is 308 g/mol. The summed E-state index contributed by atoms with van der Waals surface area (Å²) in [6.45, 7) is 3.84. The molecule has 3 N–H and O–H groups in total. The first-order valence-electron chi connectivity index (χ1n) is 6.97. The van der Waals surface area contributed by atoms with E-state index in [1.807, 2.05) is 12.1 Å². The molecule has 0 bridgehead atoms. The van der Waals surface area contributed by atoms with E-state index < -0.39 is 0 Å². The van der Waals surface area contributed by atoms with Crippen molar-refractivity contribution in [3.05, 3.63) is 28.1 Å². The number of thiophene rings is 1. The minimum atomic E-state index is -0.163. The number of nitrogens with one attached hydrogen (secondary N) is 1. The van der Waals surface area contributed by atoms with Crippen LogP contribution in [0.1, 0.15) is 29.4 Å². The third-order valence-electron chi connectivity index (χ3n) is 3.07. The van der Waals surface area contributed by atoms with Crippen LogP contribution in [0.3, 0.4) is 0 Å². The van der Waals surface area contributed by atoms with Crippen molar-refractivity contribution in [2.45, 2.75) is 19.8 Å². The van der Waals surface area contributed by atoms with E-state index >= 15 is 0 Å². The van der Waals surface area contributed by atoms with Crippen LogP contribution in [0.5, 0.6) is 0 Å². The Hall–Kier alpha value is -1.30. The number of fused-ring (bicyclic) bond motifs is 1. The Kier molecular flexibility index (Phi) is 5.85. The highest BCUT2D eigenvalue weighted by molar-refractivity contribution is 7.21. The van der Waals surface area contributed by atoms with Crippen LogP contribution in [0.15, 0.2) is 18.2 Å². The Labute approximate surface area is 133 Å². The predicted molar refractivity (Wildman–Crippen MR) is 89.3 cm³/mol. The molecule has 1 amide bonds. The minimum absolute atomic E-state index is 0.163. The second-order valence-corrected chi connectivity index (χ2v) is 6.20. The number of nitrogens with two attached hydrogens (primary N) is 1. The Morgan fingerprint density at radius 1 is 1.43 bits per heavy atom. The highest BCUT2D eigenvalue weighted by atomic mass is 35.5. The fourth-order valence-electron chi connectivity index (χ4n) is 1.92. The van der Waals surface area contributed by atoms with Gasteiger partial charge in [-0.15, -0.1) is 11.3 Å². The van der Waals surface area contributed by atoms with Crippen LogP contribution < -0.4 is 11.1 Å². The minimum Gasteiger partial charge on any atom is -0.397 e. The van der Waals surface area contributed by atoms with Crippen LogP contribution in [0.4, 0.5) is 5.69 Å². The van der Waals surface area contributed by atoms with Crippen molar-refractivity contribution in [3.8, 4) is 0 Å². The standard InChI is InChI=1S/C15H19ClN2O2S/c1-2-3-7-20-8-6-18-15(19)14-13(17)11-5-4-10(16)9-12(11)21-14/h4-5,9H,2-3,6-8,17H2,1H3,(H,18,19). The van der Waals surface area contributed by atoms with Gasteiger partial charge in [0.2, 0.25) is 0 Å². The van der Waals surface area contributed by atoms with Crippen LogP contribution in [0, 0.1) is 0 Å². The van der Waals surface area contributed by atoms with E-state index in [1.165, 1.54) is 11.3 Å². The zero-order chi connectivity index (χ0) is 15.2. The summed E-state index contributed by atoms with van der Waals surface area (Å²) in [5.74, 6) is -0.163. The summed E-state index contributed by atoms with van der Waals surface area (Å²) in [6.07, 6.45) is 2.14. The fourth-order valence-corrected chi connectivity index (χ4v) is 3.24. The van der Waals surface area contributed by atoms with E-state index in [0.717, 1.165) is 29.5 Å². The van der Waals surface area contributed by atoms with Crippen molar-refractivity contribution in [1.82, 2.24) is 5.32 Å². The van der Waals surface area contributed by atoms with Gasteiger partial charge in [-0.25, -0.2) is 0 Å². The van der Waals surface area contributed by atoms with Gasteiger partial charge in [0.25, 0.3) is 5.91 Å². The van der Waals surface area contributed by atoms with Gasteiger partial charge >= 0.3 is 0 Å². The maximum Gasteiger partial charge on any atom is 0.263 e. The summed E-state index contributed by atoms with van der Waals surface area (Å²) < 4.78 is 6.33. The van der Waals surface area contributed by atoms with E-state index in [9.17, 15) is 4.79 Å². The summed E-state index contributed by atoms with van der Waals surface area (Å²) in [6, 6.07) is 5.44. The summed E-state index contributed by atoms with van der Waals surface area (Å²) in [5.41, 5.74) is 6.55. The number of hydrogen-bond acceptors (Lipinski definition) is 4. The predicted octanol–water partition coefficient (Wildman–Crippen LogP) is 3.68. The van der Waals surface area contributed by atoms with Gasteiger partial charge < -0.3 is 15.8 Å². The molecule has 1 heterocycles. The van der Waals surface area contributed by atoms with Crippen molar-refractivity contribution >= 4 is 44.6 Å². The lowest BCUT2D eigenvalue weighted by Gasteiger charge is -2.05. The quantitative estimate of drug-likeness (QED) is 0.763. The number of halogens is 1. The number of hydrogen-bond donors (Lipinski definition) is 2. The smallest absolute Gasteiger partial charge is 0.263 e. The Balaban J connectivity index is 1.95. The lowest BCUT2D eigenvalue weighted by atomic mass is 10.2. The van der Waals surface area contributed by atoms with E-state index in [0.29, 0.717) is 28.7 Å². The molecule has 0 aliphatic heterocycles. The van der Waals surface area contributed by atoms with Gasteiger partial charge in [0, 0.05) is 28.3 Å². The summed E-state index contributed by atoms with van der Waals surface area (Å²) in [5, 5.41) is 4.33. The van der Waals surface area contributed by atoms with E-state index in [-0.39, 0.29) is 5.91 Å². The Bertz CT molecular complexity index is 627. The summed E-state index contributed by atoms with van der Waals surface area (Å²) in [7, 11) is 0. The van der Waals surface area contributed by atoms with Gasteiger partial charge in [0.1, 0.15) is 4.88 Å². The van der Waals surface area contributed by atoms with Gasteiger partial charge in [-0.05, 0) is 24.6 Å². The normalized spacial score (nSPS) is 11.0. The zero-order valence-electron chi connectivity index (χ0n) is 11.9. The van der Waals surface area contributed by atoms with Gasteiger partial charge in [-0.3, -0.25) is 4.79 Å². The van der Waals surface area contributed by atoms with Gasteiger partial charge in [0.15, 0.2) is 0 Å². The molecule has 1 aromatic carbocycles. The molecule has 0 radical (unpaired) electrons. The number of carbonyl (C=O) groups excluding carboxylic acids is 1. The monoisotopic (exact) mass is 326 g/mol. The van der Waals surface area contributed by atoms with Crippen LogP contribution >= 0.6 is 22.9 Å². The van der Waals surface area contributed by atoms with Gasteiger partial charge in [0.05, 0.1) is 12.3 Å². The second-order valence-electron chi connectivity index (χ2n) is 4.71. The number of ether oxygens (including phenoxy) is 1. The number of anilines is 1. The lowest BCUT2D eigenvalue weighted by molar-refractivity contribution is 0.0917.